The normalized spacial score (nSPS) is 22.8. The molecule has 3 heterocycles. The van der Waals surface area contributed by atoms with Crippen LogP contribution in [0.3, 0.4) is 0 Å². The summed E-state index contributed by atoms with van der Waals surface area (Å²) in [6, 6.07) is 7.30. The van der Waals surface area contributed by atoms with Crippen LogP contribution < -0.4 is 4.74 Å². The molecule has 0 aliphatic carbocycles. The summed E-state index contributed by atoms with van der Waals surface area (Å²) in [5.74, 6) is 0.885. The highest BCUT2D eigenvalue weighted by Crippen LogP contribution is 2.27. The summed E-state index contributed by atoms with van der Waals surface area (Å²) in [4.78, 5) is 21.8. The standard InChI is InChI=1S/C22H28ClN3O3S/c23-18-4-6-19(7-5-18)28-17-22(14-21(27)26-9-2-1-3-10-26)16-25(11-12-29-22)15-20-24-8-13-30-20/h4-8,13H,1-3,9-12,14-17H2/t22-/m0/s1. The van der Waals surface area contributed by atoms with Crippen molar-refractivity contribution in [2.45, 2.75) is 37.8 Å². The van der Waals surface area contributed by atoms with Crippen LogP contribution in [-0.4, -0.2) is 65.7 Å². The van der Waals surface area contributed by atoms with Gasteiger partial charge in [0, 0.05) is 42.8 Å². The van der Waals surface area contributed by atoms with Gasteiger partial charge >= 0.3 is 0 Å². The van der Waals surface area contributed by atoms with Crippen LogP contribution in [0.2, 0.25) is 5.02 Å². The highest BCUT2D eigenvalue weighted by atomic mass is 35.5. The Hall–Kier alpha value is -1.67. The minimum atomic E-state index is -0.677. The highest BCUT2D eigenvalue weighted by Gasteiger charge is 2.41. The first-order chi connectivity index (χ1) is 14.6. The quantitative estimate of drug-likeness (QED) is 0.642. The van der Waals surface area contributed by atoms with Crippen LogP contribution >= 0.6 is 22.9 Å². The minimum absolute atomic E-state index is 0.158. The van der Waals surface area contributed by atoms with Gasteiger partial charge in [-0.2, -0.15) is 0 Å². The van der Waals surface area contributed by atoms with E-state index >= 15 is 0 Å². The molecule has 0 N–H and O–H groups in total. The number of carbonyl (C=O) groups is 1. The molecule has 162 valence electrons. The Morgan fingerprint density at radius 3 is 2.73 bits per heavy atom. The molecule has 30 heavy (non-hydrogen) atoms. The maximum absolute atomic E-state index is 13.1. The van der Waals surface area contributed by atoms with E-state index in [1.54, 1.807) is 23.5 Å². The van der Waals surface area contributed by atoms with E-state index in [2.05, 4.69) is 9.88 Å². The van der Waals surface area contributed by atoms with Crippen molar-refractivity contribution in [1.29, 1.82) is 0 Å². The first-order valence-corrected chi connectivity index (χ1v) is 11.8. The number of piperidine rings is 1. The van der Waals surface area contributed by atoms with E-state index in [9.17, 15) is 4.79 Å². The lowest BCUT2D eigenvalue weighted by Crippen LogP contribution is -2.57. The predicted molar refractivity (Wildman–Crippen MR) is 118 cm³/mol. The van der Waals surface area contributed by atoms with Crippen LogP contribution in [0.25, 0.3) is 0 Å². The third kappa shape index (κ3) is 5.72. The van der Waals surface area contributed by atoms with Gasteiger partial charge in [-0.25, -0.2) is 4.98 Å². The van der Waals surface area contributed by atoms with E-state index in [1.807, 2.05) is 28.6 Å². The van der Waals surface area contributed by atoms with Gasteiger partial charge < -0.3 is 14.4 Å². The molecule has 1 aromatic heterocycles. The fraction of sp³-hybridized carbons (Fsp3) is 0.545. The molecule has 4 rings (SSSR count). The fourth-order valence-corrected chi connectivity index (χ4v) is 4.89. The number of amides is 1. The first kappa shape index (κ1) is 21.6. The third-order valence-corrected chi connectivity index (χ3v) is 6.68. The number of thiazole rings is 1. The van der Waals surface area contributed by atoms with E-state index in [-0.39, 0.29) is 5.91 Å². The fourth-order valence-electron chi connectivity index (χ4n) is 4.10. The lowest BCUT2D eigenvalue weighted by molar-refractivity contribution is -0.157. The summed E-state index contributed by atoms with van der Waals surface area (Å²) in [7, 11) is 0. The number of halogens is 1. The van der Waals surface area contributed by atoms with Crippen LogP contribution in [0.5, 0.6) is 5.75 Å². The third-order valence-electron chi connectivity index (χ3n) is 5.67. The Balaban J connectivity index is 1.47. The molecule has 0 spiro atoms. The number of hydrogen-bond donors (Lipinski definition) is 0. The van der Waals surface area contributed by atoms with Crippen molar-refractivity contribution < 1.29 is 14.3 Å². The second-order valence-corrected chi connectivity index (χ2v) is 9.44. The van der Waals surface area contributed by atoms with Gasteiger partial charge in [-0.15, -0.1) is 11.3 Å². The Bertz CT molecular complexity index is 812. The SMILES string of the molecule is O=C(C[C@@]1(COc2ccc(Cl)cc2)CN(Cc2nccs2)CCO1)N1CCCCC1. The number of benzene rings is 1. The van der Waals surface area contributed by atoms with Crippen molar-refractivity contribution >= 4 is 28.8 Å². The van der Waals surface area contributed by atoms with Gasteiger partial charge in [0.25, 0.3) is 0 Å². The zero-order valence-corrected chi connectivity index (χ0v) is 18.7. The summed E-state index contributed by atoms with van der Waals surface area (Å²) in [6.45, 7) is 4.80. The molecule has 0 unspecified atom stereocenters. The van der Waals surface area contributed by atoms with Crippen LogP contribution in [0, 0.1) is 0 Å². The second-order valence-electron chi connectivity index (χ2n) is 8.03. The minimum Gasteiger partial charge on any atom is -0.491 e. The number of ether oxygens (including phenoxy) is 2. The molecule has 0 radical (unpaired) electrons. The lowest BCUT2D eigenvalue weighted by atomic mass is 9.96. The van der Waals surface area contributed by atoms with Gasteiger partial charge in [-0.05, 0) is 43.5 Å². The molecule has 0 saturated carbocycles. The number of likely N-dealkylation sites (tertiary alicyclic amines) is 1. The van der Waals surface area contributed by atoms with Gasteiger partial charge in [-0.1, -0.05) is 11.6 Å². The lowest BCUT2D eigenvalue weighted by Gasteiger charge is -2.43. The molecular weight excluding hydrogens is 422 g/mol. The molecule has 1 aromatic carbocycles. The van der Waals surface area contributed by atoms with Gasteiger partial charge in [0.2, 0.25) is 5.91 Å². The average Bonchev–Trinajstić information content (AvgIpc) is 3.27. The molecule has 1 atom stereocenters. The van der Waals surface area contributed by atoms with Gasteiger partial charge in [-0.3, -0.25) is 9.69 Å². The topological polar surface area (TPSA) is 54.9 Å². The molecule has 6 nitrogen and oxygen atoms in total. The van der Waals surface area contributed by atoms with Crippen molar-refractivity contribution in [3.63, 3.8) is 0 Å². The van der Waals surface area contributed by atoms with Gasteiger partial charge in [0.15, 0.2) is 0 Å². The molecule has 2 aromatic rings. The number of aromatic nitrogens is 1. The summed E-state index contributed by atoms with van der Waals surface area (Å²) >= 11 is 7.64. The number of hydrogen-bond acceptors (Lipinski definition) is 6. The summed E-state index contributed by atoms with van der Waals surface area (Å²) in [5, 5.41) is 3.74. The van der Waals surface area contributed by atoms with Crippen LogP contribution in [0.15, 0.2) is 35.8 Å². The monoisotopic (exact) mass is 449 g/mol. The van der Waals surface area contributed by atoms with Crippen LogP contribution in [-0.2, 0) is 16.1 Å². The zero-order chi connectivity index (χ0) is 20.8. The number of rotatable bonds is 7. The van der Waals surface area contributed by atoms with Crippen molar-refractivity contribution in [1.82, 2.24) is 14.8 Å². The molecule has 0 bridgehead atoms. The molecule has 8 heteroatoms. The number of nitrogens with zero attached hydrogens (tertiary/aromatic N) is 3. The zero-order valence-electron chi connectivity index (χ0n) is 17.1. The summed E-state index contributed by atoms with van der Waals surface area (Å²) < 4.78 is 12.3. The maximum atomic E-state index is 13.1. The second kappa shape index (κ2) is 10.1. The Morgan fingerprint density at radius 1 is 1.20 bits per heavy atom. The Morgan fingerprint density at radius 2 is 2.00 bits per heavy atom. The highest BCUT2D eigenvalue weighted by molar-refractivity contribution is 7.09. The Labute approximate surface area is 186 Å². The molecular formula is C22H28ClN3O3S. The van der Waals surface area contributed by atoms with Gasteiger partial charge in [0.1, 0.15) is 23.0 Å². The van der Waals surface area contributed by atoms with Crippen LogP contribution in [0.1, 0.15) is 30.7 Å². The van der Waals surface area contributed by atoms with E-state index in [4.69, 9.17) is 21.1 Å². The summed E-state index contributed by atoms with van der Waals surface area (Å²) in [5.41, 5.74) is -0.677. The van der Waals surface area contributed by atoms with Crippen molar-refractivity contribution in [2.24, 2.45) is 0 Å². The van der Waals surface area contributed by atoms with E-state index in [0.29, 0.717) is 31.2 Å². The molecule has 2 aliphatic heterocycles. The van der Waals surface area contributed by atoms with E-state index in [1.165, 1.54) is 6.42 Å². The number of morpholine rings is 1. The Kier molecular flexibility index (Phi) is 7.25. The molecule has 1 amide bonds. The van der Waals surface area contributed by atoms with Crippen molar-refractivity contribution in [3.05, 3.63) is 45.9 Å². The number of carbonyl (C=O) groups excluding carboxylic acids is 1. The van der Waals surface area contributed by atoms with Crippen molar-refractivity contribution in [3.8, 4) is 5.75 Å². The smallest absolute Gasteiger partial charge is 0.225 e. The predicted octanol–water partition coefficient (Wildman–Crippen LogP) is 3.85. The maximum Gasteiger partial charge on any atom is 0.225 e. The van der Waals surface area contributed by atoms with E-state index < -0.39 is 5.60 Å². The van der Waals surface area contributed by atoms with Crippen LogP contribution in [0.4, 0.5) is 0 Å². The first-order valence-electron chi connectivity index (χ1n) is 10.5. The van der Waals surface area contributed by atoms with Gasteiger partial charge in [0.05, 0.1) is 19.6 Å². The molecule has 2 fully saturated rings. The summed E-state index contributed by atoms with van der Waals surface area (Å²) in [6.07, 6.45) is 5.52. The van der Waals surface area contributed by atoms with Crippen molar-refractivity contribution in [2.75, 3.05) is 39.4 Å². The molecule has 2 saturated heterocycles. The van der Waals surface area contributed by atoms with E-state index in [0.717, 1.165) is 49.8 Å². The molecule has 2 aliphatic rings. The largest absolute Gasteiger partial charge is 0.491 e. The average molecular weight is 450 g/mol.